The molecule has 3 fully saturated rings. The molecule has 0 radical (unpaired) electrons. The minimum atomic E-state index is -2.01. The Hall–Kier alpha value is -3.75. The Morgan fingerprint density at radius 3 is 2.49 bits per heavy atom. The average molecular weight is 961 g/mol. The number of nitrogens with zero attached hydrogens (tertiary/aromatic N) is 3. The van der Waals surface area contributed by atoms with Gasteiger partial charge >= 0.3 is 0 Å². The first-order valence-electron chi connectivity index (χ1n) is 22.4. The predicted octanol–water partition coefficient (Wildman–Crippen LogP) is 8.37. The van der Waals surface area contributed by atoms with Crippen molar-refractivity contribution in [2.24, 2.45) is 17.8 Å². The number of aliphatic hydroxyl groups is 1. The molecule has 0 saturated carbocycles. The second-order valence-electron chi connectivity index (χ2n) is 19.0. The lowest BCUT2D eigenvalue weighted by Crippen LogP contribution is -2.71. The number of hydrogen-bond donors (Lipinski definition) is 4. The van der Waals surface area contributed by atoms with Crippen molar-refractivity contribution in [3.05, 3.63) is 109 Å². The van der Waals surface area contributed by atoms with Gasteiger partial charge in [0.2, 0.25) is 17.5 Å². The van der Waals surface area contributed by atoms with Crippen LogP contribution in [0.25, 0.3) is 16.5 Å². The second-order valence-corrected chi connectivity index (χ2v) is 20.6. The molecule has 63 heavy (non-hydrogen) atoms. The van der Waals surface area contributed by atoms with Crippen molar-refractivity contribution >= 4 is 73.3 Å². The highest BCUT2D eigenvalue weighted by Crippen LogP contribution is 2.49. The van der Waals surface area contributed by atoms with E-state index >= 15 is 0 Å². The number of hydrogen-bond acceptors (Lipinski definition) is 7. The number of H-pyrrole nitrogens is 1. The van der Waals surface area contributed by atoms with E-state index in [4.69, 9.17) is 27.9 Å². The number of carbonyl (C=O) groups excluding carboxylic acids is 3. The smallest absolute Gasteiger partial charge is 0.281 e. The number of likely N-dealkylation sites (N-methyl/N-ethyl adjacent to an activating group) is 1. The van der Waals surface area contributed by atoms with Gasteiger partial charge in [-0.15, -0.1) is 0 Å². The third-order valence-electron chi connectivity index (χ3n) is 14.4. The third-order valence-corrected chi connectivity index (χ3v) is 15.9. The summed E-state index contributed by atoms with van der Waals surface area (Å²) in [5.41, 5.74) is 6.73. The summed E-state index contributed by atoms with van der Waals surface area (Å²) in [4.78, 5) is 50.8. The fourth-order valence-electron chi connectivity index (χ4n) is 11.3. The van der Waals surface area contributed by atoms with E-state index in [1.807, 2.05) is 52.2 Å². The standard InChI is InChI=1S/C32H40BrN5O5.C17H17Cl2N/c1-16(2)12-24-29(40)37-11-7-10-25(37)32(42)38(24)30(41)31(43-32,17(3)4)35-28(39)18-13-20-19-8-6-9-22-26(19)21(27(33)34-22)14-23(20)36(5)15-18;1-20-17-9-7-12(13-4-2-3-5-14(13)17)11-6-8-15(18)16(19)10-11/h6,8-9,13,16-18,23-25,34,42H,7,10-12,14-15H2,1-5H3,(H,35,39);2-6,8,10,12,17,20H,7,9H2,1H3/t18-,23-,24+,25+,31-,32+;12-,17-/m10/s1. The highest BCUT2D eigenvalue weighted by molar-refractivity contribution is 9.10. The number of ether oxygens (including phenoxy) is 1. The molecule has 0 spiro atoms. The molecule has 4 aliphatic heterocycles. The number of rotatable bonds is 7. The van der Waals surface area contributed by atoms with Gasteiger partial charge in [-0.2, -0.15) is 0 Å². The number of amides is 3. The third kappa shape index (κ3) is 7.36. The van der Waals surface area contributed by atoms with E-state index in [9.17, 15) is 19.5 Å². The van der Waals surface area contributed by atoms with Gasteiger partial charge in [0.15, 0.2) is 0 Å². The molecule has 10 rings (SSSR count). The second kappa shape index (κ2) is 16.9. The van der Waals surface area contributed by atoms with Gasteiger partial charge in [-0.25, -0.2) is 0 Å². The molecule has 4 aromatic rings. The number of nitrogens with one attached hydrogen (secondary N) is 3. The summed E-state index contributed by atoms with van der Waals surface area (Å²) in [6.45, 7) is 8.57. The van der Waals surface area contributed by atoms with Gasteiger partial charge in [0, 0.05) is 47.9 Å². The van der Waals surface area contributed by atoms with Gasteiger partial charge in [-0.1, -0.05) is 99.4 Å². The van der Waals surface area contributed by atoms with E-state index in [1.165, 1.54) is 32.5 Å². The van der Waals surface area contributed by atoms with Crippen LogP contribution in [-0.4, -0.2) is 99.5 Å². The van der Waals surface area contributed by atoms with Crippen molar-refractivity contribution < 1.29 is 24.2 Å². The first-order chi connectivity index (χ1) is 30.1. The van der Waals surface area contributed by atoms with Crippen LogP contribution in [0, 0.1) is 17.8 Å². The first-order valence-corrected chi connectivity index (χ1v) is 23.9. The van der Waals surface area contributed by atoms with Gasteiger partial charge in [0.1, 0.15) is 12.1 Å². The van der Waals surface area contributed by atoms with Crippen molar-refractivity contribution in [1.29, 1.82) is 0 Å². The maximum Gasteiger partial charge on any atom is 0.281 e. The number of benzene rings is 3. The van der Waals surface area contributed by atoms with Crippen molar-refractivity contribution in [2.75, 3.05) is 27.2 Å². The van der Waals surface area contributed by atoms with E-state index in [0.29, 0.717) is 47.9 Å². The highest BCUT2D eigenvalue weighted by atomic mass is 79.9. The summed E-state index contributed by atoms with van der Waals surface area (Å²) >= 11 is 15.9. The number of halogens is 3. The first kappa shape index (κ1) is 44.5. The van der Waals surface area contributed by atoms with Gasteiger partial charge in [0.25, 0.3) is 11.8 Å². The Morgan fingerprint density at radius 2 is 1.78 bits per heavy atom. The number of aromatic nitrogens is 1. The molecule has 4 N–H and O–H groups in total. The van der Waals surface area contributed by atoms with Gasteiger partial charge in [-0.05, 0) is 126 Å². The zero-order valence-corrected chi connectivity index (χ0v) is 39.8. The van der Waals surface area contributed by atoms with E-state index in [2.05, 4.69) is 78.9 Å². The van der Waals surface area contributed by atoms with Crippen LogP contribution in [-0.2, 0) is 25.5 Å². The lowest BCUT2D eigenvalue weighted by molar-refractivity contribution is -0.322. The Bertz CT molecular complexity index is 2510. The van der Waals surface area contributed by atoms with Gasteiger partial charge in [0.05, 0.1) is 20.6 Å². The average Bonchev–Trinajstić information content (AvgIpc) is 3.95. The molecule has 334 valence electrons. The normalized spacial score (nSPS) is 29.9. The van der Waals surface area contributed by atoms with Crippen LogP contribution < -0.4 is 10.6 Å². The summed E-state index contributed by atoms with van der Waals surface area (Å²) in [7, 11) is 4.06. The lowest BCUT2D eigenvalue weighted by Gasteiger charge is -2.49. The number of carbonyl (C=O) groups is 3. The van der Waals surface area contributed by atoms with Crippen LogP contribution in [0.2, 0.25) is 10.0 Å². The van der Waals surface area contributed by atoms with Crippen molar-refractivity contribution in [3.8, 4) is 0 Å². The predicted molar refractivity (Wildman–Crippen MR) is 250 cm³/mol. The summed E-state index contributed by atoms with van der Waals surface area (Å²) < 4.78 is 7.43. The molecule has 0 unspecified atom stereocenters. The highest BCUT2D eigenvalue weighted by Gasteiger charge is 2.72. The van der Waals surface area contributed by atoms with Crippen LogP contribution >= 0.6 is 39.1 Å². The Morgan fingerprint density at radius 1 is 1.02 bits per heavy atom. The van der Waals surface area contributed by atoms with Gasteiger partial charge in [-0.3, -0.25) is 28.9 Å². The summed E-state index contributed by atoms with van der Waals surface area (Å²) in [5.74, 6) is -3.61. The molecule has 11 nitrogen and oxygen atoms in total. The van der Waals surface area contributed by atoms with Crippen LogP contribution in [0.3, 0.4) is 0 Å². The fourth-order valence-corrected chi connectivity index (χ4v) is 12.2. The van der Waals surface area contributed by atoms with Gasteiger partial charge < -0.3 is 25.6 Å². The van der Waals surface area contributed by atoms with Crippen molar-refractivity contribution in [2.45, 2.75) is 108 Å². The van der Waals surface area contributed by atoms with Crippen LogP contribution in [0.5, 0.6) is 0 Å². The molecule has 0 bridgehead atoms. The zero-order chi connectivity index (χ0) is 44.7. The Kier molecular flexibility index (Phi) is 11.9. The monoisotopic (exact) mass is 958 g/mol. The molecule has 8 atom stereocenters. The number of aromatic amines is 1. The zero-order valence-electron chi connectivity index (χ0n) is 36.7. The van der Waals surface area contributed by atoms with Crippen molar-refractivity contribution in [1.82, 2.24) is 30.3 Å². The maximum atomic E-state index is 14.4. The molecule has 2 aliphatic carbocycles. The van der Waals surface area contributed by atoms with E-state index in [1.54, 1.807) is 18.7 Å². The molecular formula is C49H57BrCl2N6O5. The minimum Gasteiger partial charge on any atom is -0.349 e. The van der Waals surface area contributed by atoms with Crippen LogP contribution in [0.4, 0.5) is 0 Å². The Labute approximate surface area is 388 Å². The quantitative estimate of drug-likeness (QED) is 0.147. The number of piperazine rings is 1. The molecule has 1 aromatic heterocycles. The van der Waals surface area contributed by atoms with E-state index in [-0.39, 0.29) is 23.8 Å². The fraction of sp³-hybridized carbons (Fsp3) is 0.490. The van der Waals surface area contributed by atoms with Crippen LogP contribution in [0.1, 0.15) is 99.6 Å². The molecule has 14 heteroatoms. The maximum absolute atomic E-state index is 14.4. The summed E-state index contributed by atoms with van der Waals surface area (Å²) in [6, 6.07) is 19.9. The minimum absolute atomic E-state index is 0.104. The van der Waals surface area contributed by atoms with Crippen molar-refractivity contribution in [3.63, 3.8) is 0 Å². The SMILES string of the molecule is CC(C)C[C@H]1C(=O)N2CCC[C@H]2[C@]2(O)O[C@](NC(=O)[C@@H]3C=C4c5cccc6[nH]c(Br)c(c56)C[C@H]4N(C)C3)(C(C)C)C(=O)N12.CN[C@H]1CC[C@@H](c2ccc(Cl)c(Cl)c2)c2ccccc21. The molecule has 3 aromatic carbocycles. The molecule has 3 saturated heterocycles. The molecular weight excluding hydrogens is 903 g/mol. The summed E-state index contributed by atoms with van der Waals surface area (Å²) in [6.07, 6.45) is 6.75. The van der Waals surface area contributed by atoms with Crippen LogP contribution in [0.15, 0.2) is 71.3 Å². The molecule has 3 amide bonds. The molecule has 6 aliphatic rings. The Balaban J connectivity index is 0.000000210. The topological polar surface area (TPSA) is 130 Å². The largest absolute Gasteiger partial charge is 0.349 e. The summed E-state index contributed by atoms with van der Waals surface area (Å²) in [5, 5.41) is 21.0. The van der Waals surface area contributed by atoms with E-state index in [0.717, 1.165) is 46.9 Å². The number of fused-ring (bicyclic) bond motifs is 6. The molecule has 5 heterocycles. The lowest BCUT2D eigenvalue weighted by atomic mass is 9.77. The van der Waals surface area contributed by atoms with E-state index < -0.39 is 41.5 Å².